The number of carbonyl (C=O) groups excluding carboxylic acids is 1. The number of nitrogens with zero attached hydrogens (tertiary/aromatic N) is 1. The first-order chi connectivity index (χ1) is 13.9. The van der Waals surface area contributed by atoms with Gasteiger partial charge in [-0.15, -0.1) is 0 Å². The summed E-state index contributed by atoms with van der Waals surface area (Å²) in [6.07, 6.45) is -14.3. The average Bonchev–Trinajstić information content (AvgIpc) is 2.67. The SMILES string of the molecule is C[C@H](c1cccc(O[C@H](C)C(F)(F)F)n1)[C@@H](ONC(=O)c1ccccc1)C(F)(F)F. The smallest absolute Gasteiger partial charge is 0.425 e. The number of hydrogen-bond donors (Lipinski definition) is 1. The molecule has 0 fully saturated rings. The van der Waals surface area contributed by atoms with Crippen LogP contribution in [0.4, 0.5) is 26.3 Å². The highest BCUT2D eigenvalue weighted by molar-refractivity contribution is 5.93. The summed E-state index contributed by atoms with van der Waals surface area (Å²) in [6.45, 7) is 1.87. The van der Waals surface area contributed by atoms with Crippen molar-refractivity contribution in [1.29, 1.82) is 0 Å². The van der Waals surface area contributed by atoms with Crippen LogP contribution >= 0.6 is 0 Å². The van der Waals surface area contributed by atoms with Gasteiger partial charge in [0.1, 0.15) is 0 Å². The highest BCUT2D eigenvalue weighted by Crippen LogP contribution is 2.34. The van der Waals surface area contributed by atoms with Crippen molar-refractivity contribution in [3.63, 3.8) is 0 Å². The van der Waals surface area contributed by atoms with E-state index in [1.807, 2.05) is 0 Å². The van der Waals surface area contributed by atoms with Crippen molar-refractivity contribution in [3.05, 3.63) is 59.8 Å². The quantitative estimate of drug-likeness (QED) is 0.500. The second kappa shape index (κ2) is 9.33. The molecule has 1 N–H and O–H groups in total. The molecule has 2 rings (SSSR count). The van der Waals surface area contributed by atoms with Crippen LogP contribution in [-0.2, 0) is 4.84 Å². The van der Waals surface area contributed by atoms with E-state index in [9.17, 15) is 31.1 Å². The van der Waals surface area contributed by atoms with Gasteiger partial charge in [0.05, 0.1) is 5.69 Å². The minimum atomic E-state index is -4.90. The van der Waals surface area contributed by atoms with E-state index in [4.69, 9.17) is 0 Å². The van der Waals surface area contributed by atoms with Crippen LogP contribution in [0.1, 0.15) is 35.8 Å². The Bertz CT molecular complexity index is 842. The number of ether oxygens (including phenoxy) is 1. The molecule has 11 heteroatoms. The third-order valence-corrected chi connectivity index (χ3v) is 4.06. The molecule has 0 bridgehead atoms. The first kappa shape index (κ1) is 23.5. The van der Waals surface area contributed by atoms with Crippen molar-refractivity contribution in [1.82, 2.24) is 10.5 Å². The summed E-state index contributed by atoms with van der Waals surface area (Å²) in [5.41, 5.74) is 1.62. The maximum Gasteiger partial charge on any atom is 0.425 e. The number of rotatable bonds is 7. The van der Waals surface area contributed by atoms with Gasteiger partial charge in [-0.05, 0) is 25.1 Å². The average molecular weight is 436 g/mol. The van der Waals surface area contributed by atoms with E-state index in [0.29, 0.717) is 0 Å². The fourth-order valence-electron chi connectivity index (χ4n) is 2.37. The predicted molar refractivity (Wildman–Crippen MR) is 93.6 cm³/mol. The van der Waals surface area contributed by atoms with Crippen molar-refractivity contribution in [2.75, 3.05) is 0 Å². The van der Waals surface area contributed by atoms with Gasteiger partial charge in [-0.2, -0.15) is 26.3 Å². The number of halogens is 6. The van der Waals surface area contributed by atoms with Gasteiger partial charge in [0.2, 0.25) is 5.88 Å². The van der Waals surface area contributed by atoms with Crippen molar-refractivity contribution in [3.8, 4) is 5.88 Å². The normalized spacial score (nSPS) is 15.2. The minimum absolute atomic E-state index is 0.0840. The Morgan fingerprint density at radius 2 is 1.57 bits per heavy atom. The molecule has 0 unspecified atom stereocenters. The number of alkyl halides is 6. The molecule has 1 amide bonds. The zero-order valence-corrected chi connectivity index (χ0v) is 15.8. The standard InChI is InChI=1S/C19H18F6N2O3/c1-11(14-9-6-10-15(26-14)29-12(2)18(20,21)22)16(19(23,24)25)30-27-17(28)13-7-4-3-5-8-13/h3-12,16H,1-2H3,(H,27,28)/t11-,12-,16-/m1/s1. The molecule has 0 aliphatic heterocycles. The molecular formula is C19H18F6N2O3. The minimum Gasteiger partial charge on any atom is -0.465 e. The first-order valence-corrected chi connectivity index (χ1v) is 8.67. The van der Waals surface area contributed by atoms with Gasteiger partial charge in [0.25, 0.3) is 5.91 Å². The van der Waals surface area contributed by atoms with E-state index in [1.54, 1.807) is 11.5 Å². The molecule has 3 atom stereocenters. The lowest BCUT2D eigenvalue weighted by atomic mass is 10.00. The molecule has 1 heterocycles. The van der Waals surface area contributed by atoms with Crippen molar-refractivity contribution < 1.29 is 40.7 Å². The number of benzene rings is 1. The van der Waals surface area contributed by atoms with E-state index in [0.717, 1.165) is 19.9 Å². The summed E-state index contributed by atoms with van der Waals surface area (Å²) in [7, 11) is 0. The molecule has 1 aromatic carbocycles. The van der Waals surface area contributed by atoms with Crippen LogP contribution in [0.3, 0.4) is 0 Å². The molecule has 1 aromatic heterocycles. The highest BCUT2D eigenvalue weighted by Gasteiger charge is 2.46. The third kappa shape index (κ3) is 6.34. The number of pyridine rings is 1. The Morgan fingerprint density at radius 3 is 2.13 bits per heavy atom. The number of nitrogens with one attached hydrogen (secondary N) is 1. The highest BCUT2D eigenvalue weighted by atomic mass is 19.4. The monoisotopic (exact) mass is 436 g/mol. The third-order valence-electron chi connectivity index (χ3n) is 4.06. The molecule has 164 valence electrons. The van der Waals surface area contributed by atoms with E-state index in [1.165, 1.54) is 36.4 Å². The Labute approximate surface area is 168 Å². The topological polar surface area (TPSA) is 60.5 Å². The summed E-state index contributed by atoms with van der Waals surface area (Å²) in [5, 5.41) is 0. The lowest BCUT2D eigenvalue weighted by molar-refractivity contribution is -0.238. The lowest BCUT2D eigenvalue weighted by Gasteiger charge is -2.26. The van der Waals surface area contributed by atoms with E-state index in [2.05, 4.69) is 14.6 Å². The molecule has 30 heavy (non-hydrogen) atoms. The van der Waals surface area contributed by atoms with E-state index < -0.39 is 42.3 Å². The second-order valence-corrected chi connectivity index (χ2v) is 6.37. The van der Waals surface area contributed by atoms with E-state index >= 15 is 0 Å². The zero-order chi connectivity index (χ0) is 22.5. The molecule has 0 spiro atoms. The summed E-state index contributed by atoms with van der Waals surface area (Å²) < 4.78 is 83.0. The van der Waals surface area contributed by atoms with Gasteiger partial charge in [-0.25, -0.2) is 10.5 Å². The number of carbonyl (C=O) groups is 1. The number of hydroxylamine groups is 1. The molecule has 5 nitrogen and oxygen atoms in total. The van der Waals surface area contributed by atoms with Crippen molar-refractivity contribution in [2.24, 2.45) is 0 Å². The lowest BCUT2D eigenvalue weighted by Crippen LogP contribution is -2.42. The molecule has 0 aliphatic carbocycles. The Morgan fingerprint density at radius 1 is 0.933 bits per heavy atom. The molecule has 2 aromatic rings. The van der Waals surface area contributed by atoms with Gasteiger partial charge < -0.3 is 4.74 Å². The van der Waals surface area contributed by atoms with Crippen LogP contribution < -0.4 is 10.2 Å². The van der Waals surface area contributed by atoms with Crippen LogP contribution in [0.2, 0.25) is 0 Å². The fourth-order valence-corrected chi connectivity index (χ4v) is 2.37. The van der Waals surface area contributed by atoms with Crippen molar-refractivity contribution in [2.45, 2.75) is 44.3 Å². The fraction of sp³-hybridized carbons (Fsp3) is 0.368. The number of hydrogen-bond acceptors (Lipinski definition) is 4. The molecule has 0 radical (unpaired) electrons. The van der Waals surface area contributed by atoms with Gasteiger partial charge in [0, 0.05) is 17.5 Å². The van der Waals surface area contributed by atoms with Gasteiger partial charge in [-0.1, -0.05) is 31.2 Å². The molecule has 0 saturated carbocycles. The van der Waals surface area contributed by atoms with E-state index in [-0.39, 0.29) is 11.3 Å². The maximum atomic E-state index is 13.5. The molecule has 0 saturated heterocycles. The molecule has 0 aliphatic rings. The van der Waals surface area contributed by atoms with Crippen molar-refractivity contribution >= 4 is 5.91 Å². The largest absolute Gasteiger partial charge is 0.465 e. The first-order valence-electron chi connectivity index (χ1n) is 8.67. The van der Waals surface area contributed by atoms with Crippen LogP contribution in [-0.4, -0.2) is 35.5 Å². The van der Waals surface area contributed by atoms with Gasteiger partial charge in [0.15, 0.2) is 12.2 Å². The number of aromatic nitrogens is 1. The maximum absolute atomic E-state index is 13.5. The van der Waals surface area contributed by atoms with Crippen LogP contribution in [0.15, 0.2) is 48.5 Å². The summed E-state index contributed by atoms with van der Waals surface area (Å²) >= 11 is 0. The van der Waals surface area contributed by atoms with Crippen LogP contribution in [0.5, 0.6) is 5.88 Å². The summed E-state index contributed by atoms with van der Waals surface area (Å²) in [6, 6.07) is 10.9. The molecular weight excluding hydrogens is 418 g/mol. The van der Waals surface area contributed by atoms with Gasteiger partial charge in [-0.3, -0.25) is 9.63 Å². The van der Waals surface area contributed by atoms with Crippen LogP contribution in [0.25, 0.3) is 0 Å². The number of amides is 1. The Hall–Kier alpha value is -2.82. The predicted octanol–water partition coefficient (Wildman–Crippen LogP) is 4.81. The zero-order valence-electron chi connectivity index (χ0n) is 15.8. The Kier molecular flexibility index (Phi) is 7.30. The Balaban J connectivity index is 2.16. The van der Waals surface area contributed by atoms with Crippen LogP contribution in [0, 0.1) is 0 Å². The second-order valence-electron chi connectivity index (χ2n) is 6.37. The van der Waals surface area contributed by atoms with Gasteiger partial charge >= 0.3 is 12.4 Å². The summed E-state index contributed by atoms with van der Waals surface area (Å²) in [4.78, 5) is 20.3. The summed E-state index contributed by atoms with van der Waals surface area (Å²) in [5.74, 6) is -2.84.